The van der Waals surface area contributed by atoms with Crippen LogP contribution in [0.5, 0.6) is 5.75 Å². The number of ether oxygens (including phenoxy) is 2. The van der Waals surface area contributed by atoms with E-state index in [-0.39, 0.29) is 12.2 Å². The van der Waals surface area contributed by atoms with Crippen molar-refractivity contribution in [2.45, 2.75) is 103 Å². The Balaban J connectivity index is 1.27. The van der Waals surface area contributed by atoms with Gasteiger partial charge in [0.05, 0.1) is 0 Å². The second kappa shape index (κ2) is 10.9. The van der Waals surface area contributed by atoms with Gasteiger partial charge in [-0.15, -0.1) is 0 Å². The molecule has 2 aliphatic heterocycles. The molecule has 38 heavy (non-hydrogen) atoms. The maximum Gasteiger partial charge on any atom is 0.410 e. The number of rotatable bonds is 5. The molecule has 2 aromatic rings. The molecule has 3 aliphatic rings. The van der Waals surface area contributed by atoms with Crippen LogP contribution in [0.25, 0.3) is 0 Å². The van der Waals surface area contributed by atoms with Gasteiger partial charge in [0.2, 0.25) is 0 Å². The Hall–Kier alpha value is -2.53. The zero-order chi connectivity index (χ0) is 26.9. The lowest BCUT2D eigenvalue weighted by molar-refractivity contribution is -0.0787. The number of likely N-dealkylation sites (tertiary alicyclic amines) is 2. The monoisotopic (exact) mass is 518 g/mol. The fraction of sp³-hybridized carbons (Fsp3) is 0.606. The third-order valence-corrected chi connectivity index (χ3v) is 8.90. The molecular formula is C33H46N2O3. The van der Waals surface area contributed by atoms with Crippen molar-refractivity contribution in [3.63, 3.8) is 0 Å². The van der Waals surface area contributed by atoms with Crippen LogP contribution in [0, 0.1) is 5.41 Å². The minimum Gasteiger partial charge on any atom is -0.490 e. The Morgan fingerprint density at radius 1 is 0.947 bits per heavy atom. The summed E-state index contributed by atoms with van der Waals surface area (Å²) < 4.78 is 12.1. The standard InChI is InChI=1S/C33H46N2O3/c1-24(2)28-13-9-10-14-29(28)30-21-27(37-26-11-7-6-8-12-26)15-18-35(30)25-22-33(23-25)16-19-34(20-17-33)31(36)38-32(3,4)5/h6-14,24-25,27,30H,15-23H2,1-5H3. The van der Waals surface area contributed by atoms with Crippen molar-refractivity contribution >= 4 is 6.09 Å². The lowest BCUT2D eigenvalue weighted by atomic mass is 9.59. The van der Waals surface area contributed by atoms with Gasteiger partial charge in [-0.1, -0.05) is 56.3 Å². The Kier molecular flexibility index (Phi) is 7.77. The molecule has 1 spiro atoms. The third-order valence-electron chi connectivity index (χ3n) is 8.90. The van der Waals surface area contributed by atoms with E-state index >= 15 is 0 Å². The van der Waals surface area contributed by atoms with Crippen LogP contribution in [0.1, 0.15) is 96.2 Å². The molecule has 2 heterocycles. The predicted octanol–water partition coefficient (Wildman–Crippen LogP) is 7.57. The fourth-order valence-electron chi connectivity index (χ4n) is 6.91. The van der Waals surface area contributed by atoms with Crippen molar-refractivity contribution in [2.24, 2.45) is 5.41 Å². The van der Waals surface area contributed by atoms with E-state index in [1.807, 2.05) is 31.7 Å². The summed E-state index contributed by atoms with van der Waals surface area (Å²) in [6.07, 6.45) is 6.80. The summed E-state index contributed by atoms with van der Waals surface area (Å²) in [4.78, 5) is 17.3. The molecule has 5 heteroatoms. The van der Waals surface area contributed by atoms with Gasteiger partial charge in [-0.25, -0.2) is 4.79 Å². The molecular weight excluding hydrogens is 472 g/mol. The van der Waals surface area contributed by atoms with Crippen LogP contribution in [0.15, 0.2) is 54.6 Å². The highest BCUT2D eigenvalue weighted by Gasteiger charge is 2.50. The Morgan fingerprint density at radius 3 is 2.26 bits per heavy atom. The Bertz CT molecular complexity index is 1080. The first-order valence-electron chi connectivity index (χ1n) is 14.7. The molecule has 0 bridgehead atoms. The zero-order valence-corrected chi connectivity index (χ0v) is 24.0. The molecule has 206 valence electrons. The highest BCUT2D eigenvalue weighted by atomic mass is 16.6. The topological polar surface area (TPSA) is 42.0 Å². The molecule has 2 unspecified atom stereocenters. The van der Waals surface area contributed by atoms with E-state index in [4.69, 9.17) is 9.47 Å². The number of hydrogen-bond acceptors (Lipinski definition) is 4. The number of benzene rings is 2. The van der Waals surface area contributed by atoms with E-state index in [1.54, 1.807) is 0 Å². The van der Waals surface area contributed by atoms with Crippen molar-refractivity contribution in [1.29, 1.82) is 0 Å². The minimum absolute atomic E-state index is 0.158. The number of carbonyl (C=O) groups excluding carboxylic acids is 1. The SMILES string of the molecule is CC(C)c1ccccc1C1CC(Oc2ccccc2)CCN1C1CC2(CCN(C(=O)OC(C)(C)C)CC2)C1. The Labute approximate surface area is 229 Å². The Morgan fingerprint density at radius 2 is 1.61 bits per heavy atom. The molecule has 2 atom stereocenters. The molecule has 2 aromatic carbocycles. The van der Waals surface area contributed by atoms with E-state index in [0.29, 0.717) is 23.4 Å². The quantitative estimate of drug-likeness (QED) is 0.409. The third kappa shape index (κ3) is 6.03. The van der Waals surface area contributed by atoms with Gasteiger partial charge < -0.3 is 14.4 Å². The maximum absolute atomic E-state index is 12.6. The van der Waals surface area contributed by atoms with Crippen molar-refractivity contribution in [3.05, 3.63) is 65.7 Å². The molecule has 0 N–H and O–H groups in total. The van der Waals surface area contributed by atoms with E-state index in [0.717, 1.165) is 51.1 Å². The summed E-state index contributed by atoms with van der Waals surface area (Å²) in [5.74, 6) is 1.47. The fourth-order valence-corrected chi connectivity index (χ4v) is 6.91. The molecule has 2 saturated heterocycles. The largest absolute Gasteiger partial charge is 0.490 e. The van der Waals surface area contributed by atoms with E-state index < -0.39 is 5.60 Å². The maximum atomic E-state index is 12.6. The molecule has 5 nitrogen and oxygen atoms in total. The lowest BCUT2D eigenvalue weighted by Crippen LogP contribution is -2.58. The smallest absolute Gasteiger partial charge is 0.410 e. The molecule has 5 rings (SSSR count). The van der Waals surface area contributed by atoms with Gasteiger partial charge in [0, 0.05) is 38.1 Å². The summed E-state index contributed by atoms with van der Waals surface area (Å²) in [5, 5.41) is 0. The van der Waals surface area contributed by atoms with Crippen LogP contribution >= 0.6 is 0 Å². The van der Waals surface area contributed by atoms with E-state index in [9.17, 15) is 4.79 Å². The molecule has 1 amide bonds. The van der Waals surface area contributed by atoms with Crippen LogP contribution in [0.3, 0.4) is 0 Å². The van der Waals surface area contributed by atoms with Crippen LogP contribution in [0.4, 0.5) is 4.79 Å². The summed E-state index contributed by atoms with van der Waals surface area (Å²) in [6, 6.07) is 20.3. The molecule has 0 radical (unpaired) electrons. The van der Waals surface area contributed by atoms with Gasteiger partial charge >= 0.3 is 6.09 Å². The minimum atomic E-state index is -0.439. The number of piperidine rings is 2. The van der Waals surface area contributed by atoms with Gasteiger partial charge in [0.25, 0.3) is 0 Å². The van der Waals surface area contributed by atoms with Crippen molar-refractivity contribution in [3.8, 4) is 5.75 Å². The second-order valence-electron chi connectivity index (χ2n) is 13.1. The first kappa shape index (κ1) is 27.1. The van der Waals surface area contributed by atoms with Crippen molar-refractivity contribution in [2.75, 3.05) is 19.6 Å². The van der Waals surface area contributed by atoms with Crippen molar-refractivity contribution in [1.82, 2.24) is 9.80 Å². The predicted molar refractivity (Wildman–Crippen MR) is 153 cm³/mol. The highest BCUT2D eigenvalue weighted by Crippen LogP contribution is 2.53. The summed E-state index contributed by atoms with van der Waals surface area (Å²) in [5.41, 5.74) is 2.88. The van der Waals surface area contributed by atoms with Crippen LogP contribution < -0.4 is 4.74 Å². The number of para-hydroxylation sites is 1. The summed E-state index contributed by atoms with van der Waals surface area (Å²) in [6.45, 7) is 13.1. The molecule has 1 saturated carbocycles. The molecule has 3 fully saturated rings. The number of nitrogens with zero attached hydrogens (tertiary/aromatic N) is 2. The lowest BCUT2D eigenvalue weighted by Gasteiger charge is -2.58. The van der Waals surface area contributed by atoms with Crippen molar-refractivity contribution < 1.29 is 14.3 Å². The molecule has 0 aromatic heterocycles. The second-order valence-corrected chi connectivity index (χ2v) is 13.1. The number of amides is 1. The van der Waals surface area contributed by atoms with E-state index in [2.05, 4.69) is 67.3 Å². The molecule has 1 aliphatic carbocycles. The van der Waals surface area contributed by atoms with Crippen LogP contribution in [-0.2, 0) is 4.74 Å². The van der Waals surface area contributed by atoms with Gasteiger partial charge in [0.15, 0.2) is 0 Å². The van der Waals surface area contributed by atoms with Gasteiger partial charge in [-0.3, -0.25) is 4.90 Å². The van der Waals surface area contributed by atoms with Gasteiger partial charge in [0.1, 0.15) is 17.5 Å². The first-order chi connectivity index (χ1) is 18.1. The summed E-state index contributed by atoms with van der Waals surface area (Å²) >= 11 is 0. The van der Waals surface area contributed by atoms with Gasteiger partial charge in [-0.05, 0) is 87.5 Å². The highest BCUT2D eigenvalue weighted by molar-refractivity contribution is 5.68. The first-order valence-corrected chi connectivity index (χ1v) is 14.7. The summed E-state index contributed by atoms with van der Waals surface area (Å²) in [7, 11) is 0. The number of carbonyl (C=O) groups is 1. The van der Waals surface area contributed by atoms with Crippen LogP contribution in [0.2, 0.25) is 0 Å². The van der Waals surface area contributed by atoms with E-state index in [1.165, 1.54) is 24.0 Å². The zero-order valence-electron chi connectivity index (χ0n) is 24.0. The normalized spacial score (nSPS) is 24.3. The van der Waals surface area contributed by atoms with Gasteiger partial charge in [-0.2, -0.15) is 0 Å². The average Bonchev–Trinajstić information content (AvgIpc) is 2.87. The van der Waals surface area contributed by atoms with Crippen LogP contribution in [-0.4, -0.2) is 53.3 Å². The number of hydrogen-bond donors (Lipinski definition) is 0. The average molecular weight is 519 g/mol.